The summed E-state index contributed by atoms with van der Waals surface area (Å²) in [5, 5.41) is 3.74. The molecule has 0 saturated heterocycles. The van der Waals surface area contributed by atoms with Gasteiger partial charge in [0.05, 0.1) is 4.90 Å². The lowest BCUT2D eigenvalue weighted by Gasteiger charge is -2.17. The first-order valence-electron chi connectivity index (χ1n) is 8.41. The first kappa shape index (κ1) is 16.8. The van der Waals surface area contributed by atoms with Crippen LogP contribution >= 0.6 is 0 Å². The Morgan fingerprint density at radius 3 is 2.58 bits per heavy atom. The molecule has 2 heterocycles. The molecular formula is C19H19N3O3S. The van der Waals surface area contributed by atoms with Crippen molar-refractivity contribution in [3.8, 4) is 0 Å². The molecule has 3 aromatic rings. The summed E-state index contributed by atoms with van der Waals surface area (Å²) in [6.45, 7) is 2.14. The maximum atomic E-state index is 12.7. The number of rotatable bonds is 3. The van der Waals surface area contributed by atoms with Gasteiger partial charge >= 0.3 is 0 Å². The maximum absolute atomic E-state index is 12.7. The fraction of sp³-hybridized carbons (Fsp3) is 0.211. The third-order valence-corrected chi connectivity index (χ3v) is 6.19. The highest BCUT2D eigenvalue weighted by molar-refractivity contribution is 7.89. The van der Waals surface area contributed by atoms with E-state index in [9.17, 15) is 13.2 Å². The van der Waals surface area contributed by atoms with Gasteiger partial charge in [-0.05, 0) is 37.1 Å². The molecule has 4 rings (SSSR count). The molecule has 2 aromatic carbocycles. The lowest BCUT2D eigenvalue weighted by Crippen LogP contribution is -2.43. The second-order valence-electron chi connectivity index (χ2n) is 6.57. The molecule has 6 nitrogen and oxygen atoms in total. The second-order valence-corrected chi connectivity index (χ2v) is 8.28. The number of H-pyrrole nitrogens is 1. The van der Waals surface area contributed by atoms with Gasteiger partial charge in [-0.3, -0.25) is 4.79 Å². The molecule has 1 aromatic heterocycles. The molecule has 1 unspecified atom stereocenters. The number of carbonyl (C=O) groups is 1. The Hall–Kier alpha value is -2.64. The molecule has 1 aliphatic heterocycles. The number of benzene rings is 2. The molecular weight excluding hydrogens is 350 g/mol. The standard InChI is InChI=1S/C19H19N3O3S/c1-12-6-8-14(9-7-12)26(24,25)22-13-10-16-15-4-2-3-5-17(15)21-18(16)19(23)20-11-13/h2-9,13,21-22H,10-11H2,1H3,(H,20,23). The monoisotopic (exact) mass is 369 g/mol. The van der Waals surface area contributed by atoms with Crippen LogP contribution in [0.4, 0.5) is 0 Å². The third kappa shape index (κ3) is 3.00. The molecule has 0 saturated carbocycles. The van der Waals surface area contributed by atoms with E-state index in [1.807, 2.05) is 31.2 Å². The molecule has 3 N–H and O–H groups in total. The highest BCUT2D eigenvalue weighted by Crippen LogP contribution is 2.25. The number of hydrogen-bond acceptors (Lipinski definition) is 3. The highest BCUT2D eigenvalue weighted by Gasteiger charge is 2.28. The van der Waals surface area contributed by atoms with Crippen molar-refractivity contribution in [2.24, 2.45) is 0 Å². The minimum atomic E-state index is -3.66. The van der Waals surface area contributed by atoms with E-state index >= 15 is 0 Å². The SMILES string of the molecule is Cc1ccc(S(=O)(=O)NC2CNC(=O)c3[nH]c4ccccc4c3C2)cc1. The number of fused-ring (bicyclic) bond motifs is 3. The van der Waals surface area contributed by atoms with Crippen LogP contribution in [0.2, 0.25) is 0 Å². The maximum Gasteiger partial charge on any atom is 0.268 e. The molecule has 1 aliphatic rings. The van der Waals surface area contributed by atoms with Crippen molar-refractivity contribution in [3.05, 3.63) is 65.4 Å². The number of para-hydroxylation sites is 1. The van der Waals surface area contributed by atoms with Crippen molar-refractivity contribution in [3.63, 3.8) is 0 Å². The molecule has 134 valence electrons. The summed E-state index contributed by atoms with van der Waals surface area (Å²) in [5.41, 5.74) is 3.21. The molecule has 0 bridgehead atoms. The van der Waals surface area contributed by atoms with Crippen LogP contribution < -0.4 is 10.0 Å². The zero-order valence-corrected chi connectivity index (χ0v) is 15.1. The average molecular weight is 369 g/mol. The van der Waals surface area contributed by atoms with E-state index in [1.54, 1.807) is 24.3 Å². The summed E-state index contributed by atoms with van der Waals surface area (Å²) in [7, 11) is -3.66. The fourth-order valence-corrected chi connectivity index (χ4v) is 4.55. The van der Waals surface area contributed by atoms with Gasteiger partial charge in [-0.2, -0.15) is 0 Å². The topological polar surface area (TPSA) is 91.1 Å². The third-order valence-electron chi connectivity index (χ3n) is 4.65. The second kappa shape index (κ2) is 6.26. The Labute approximate surface area is 151 Å². The van der Waals surface area contributed by atoms with Gasteiger partial charge in [-0.25, -0.2) is 13.1 Å². The number of aromatic nitrogens is 1. The zero-order valence-electron chi connectivity index (χ0n) is 14.2. The Morgan fingerprint density at radius 2 is 1.81 bits per heavy atom. The predicted octanol–water partition coefficient (Wildman–Crippen LogP) is 2.11. The van der Waals surface area contributed by atoms with Crippen LogP contribution in [0.3, 0.4) is 0 Å². The summed E-state index contributed by atoms with van der Waals surface area (Å²) < 4.78 is 28.1. The minimum absolute atomic E-state index is 0.215. The molecule has 1 amide bonds. The summed E-state index contributed by atoms with van der Waals surface area (Å²) in [5.74, 6) is -0.215. The Bertz CT molecular complexity index is 1080. The van der Waals surface area contributed by atoms with E-state index in [0.29, 0.717) is 12.1 Å². The van der Waals surface area contributed by atoms with Crippen LogP contribution in [0, 0.1) is 6.92 Å². The molecule has 0 radical (unpaired) electrons. The molecule has 26 heavy (non-hydrogen) atoms. The van der Waals surface area contributed by atoms with Crippen LogP contribution in [0.15, 0.2) is 53.4 Å². The van der Waals surface area contributed by atoms with Crippen molar-refractivity contribution in [2.75, 3.05) is 6.54 Å². The Kier molecular flexibility index (Phi) is 4.05. The molecule has 1 atom stereocenters. The van der Waals surface area contributed by atoms with Crippen LogP contribution in [-0.2, 0) is 16.4 Å². The van der Waals surface area contributed by atoms with Crippen LogP contribution in [0.5, 0.6) is 0 Å². The van der Waals surface area contributed by atoms with Crippen LogP contribution in [0.1, 0.15) is 21.6 Å². The van der Waals surface area contributed by atoms with Gasteiger partial charge in [0.25, 0.3) is 5.91 Å². The van der Waals surface area contributed by atoms with E-state index in [4.69, 9.17) is 0 Å². The van der Waals surface area contributed by atoms with Gasteiger partial charge in [0.15, 0.2) is 0 Å². The van der Waals surface area contributed by atoms with Crippen molar-refractivity contribution in [1.29, 1.82) is 0 Å². The summed E-state index contributed by atoms with van der Waals surface area (Å²) >= 11 is 0. The number of hydrogen-bond donors (Lipinski definition) is 3. The van der Waals surface area contributed by atoms with Crippen molar-refractivity contribution in [1.82, 2.24) is 15.0 Å². The largest absolute Gasteiger partial charge is 0.350 e. The minimum Gasteiger partial charge on any atom is -0.350 e. The molecule has 7 heteroatoms. The van der Waals surface area contributed by atoms with Crippen molar-refractivity contribution in [2.45, 2.75) is 24.3 Å². The van der Waals surface area contributed by atoms with Crippen molar-refractivity contribution >= 4 is 26.8 Å². The predicted molar refractivity (Wildman–Crippen MR) is 99.6 cm³/mol. The normalized spacial score (nSPS) is 17.6. The molecule has 0 aliphatic carbocycles. The lowest BCUT2D eigenvalue weighted by molar-refractivity contribution is 0.0950. The number of carbonyl (C=O) groups excluding carboxylic acids is 1. The first-order valence-corrected chi connectivity index (χ1v) is 9.89. The van der Waals surface area contributed by atoms with E-state index in [2.05, 4.69) is 15.0 Å². The van der Waals surface area contributed by atoms with Gasteiger partial charge in [0, 0.05) is 23.5 Å². The average Bonchev–Trinajstić information content (AvgIpc) is 2.91. The van der Waals surface area contributed by atoms with Gasteiger partial charge in [0.2, 0.25) is 10.0 Å². The number of aromatic amines is 1. The van der Waals surface area contributed by atoms with Crippen LogP contribution in [-0.4, -0.2) is 31.9 Å². The van der Waals surface area contributed by atoms with E-state index in [0.717, 1.165) is 22.0 Å². The number of sulfonamides is 1. The molecule has 0 spiro atoms. The Balaban J connectivity index is 1.66. The summed E-state index contributed by atoms with van der Waals surface area (Å²) in [6, 6.07) is 13.9. The lowest BCUT2D eigenvalue weighted by atomic mass is 10.0. The first-order chi connectivity index (χ1) is 12.4. The summed E-state index contributed by atoms with van der Waals surface area (Å²) in [4.78, 5) is 15.7. The van der Waals surface area contributed by atoms with Gasteiger partial charge in [-0.1, -0.05) is 35.9 Å². The van der Waals surface area contributed by atoms with Crippen molar-refractivity contribution < 1.29 is 13.2 Å². The number of nitrogens with one attached hydrogen (secondary N) is 3. The smallest absolute Gasteiger partial charge is 0.268 e. The quantitative estimate of drug-likeness (QED) is 0.660. The van der Waals surface area contributed by atoms with Gasteiger partial charge in [0.1, 0.15) is 5.69 Å². The Morgan fingerprint density at radius 1 is 1.08 bits per heavy atom. The van der Waals surface area contributed by atoms with E-state index in [-0.39, 0.29) is 17.3 Å². The van der Waals surface area contributed by atoms with Crippen LogP contribution in [0.25, 0.3) is 10.9 Å². The highest BCUT2D eigenvalue weighted by atomic mass is 32.2. The number of amides is 1. The van der Waals surface area contributed by atoms with E-state index < -0.39 is 16.1 Å². The number of aryl methyl sites for hydroxylation is 1. The van der Waals surface area contributed by atoms with E-state index in [1.165, 1.54) is 0 Å². The zero-order chi connectivity index (χ0) is 18.3. The fourth-order valence-electron chi connectivity index (χ4n) is 3.32. The van der Waals surface area contributed by atoms with Gasteiger partial charge < -0.3 is 10.3 Å². The summed E-state index contributed by atoms with van der Waals surface area (Å²) in [6.07, 6.45) is 0.434. The van der Waals surface area contributed by atoms with Gasteiger partial charge in [-0.15, -0.1) is 0 Å². The molecule has 0 fully saturated rings.